The molecule has 0 aliphatic carbocycles. The molecule has 0 saturated carbocycles. The molecule has 2 rings (SSSR count). The quantitative estimate of drug-likeness (QED) is 0.855. The van der Waals surface area contributed by atoms with E-state index < -0.39 is 0 Å². The van der Waals surface area contributed by atoms with Crippen LogP contribution in [0.3, 0.4) is 0 Å². The van der Waals surface area contributed by atoms with Gasteiger partial charge >= 0.3 is 0 Å². The molecule has 2 aromatic rings. The number of hydrogen-bond donors (Lipinski definition) is 1. The summed E-state index contributed by atoms with van der Waals surface area (Å²) < 4.78 is 1.82. The molecule has 0 fully saturated rings. The zero-order valence-corrected chi connectivity index (χ0v) is 11.8. The second kappa shape index (κ2) is 6.33. The lowest BCUT2D eigenvalue weighted by Crippen LogP contribution is -2.19. The summed E-state index contributed by atoms with van der Waals surface area (Å²) >= 11 is 0. The summed E-state index contributed by atoms with van der Waals surface area (Å²) in [7, 11) is 3.98. The molecule has 2 heterocycles. The molecule has 0 aliphatic heterocycles. The van der Waals surface area contributed by atoms with Gasteiger partial charge in [0.25, 0.3) is 0 Å². The van der Waals surface area contributed by atoms with Crippen LogP contribution < -0.4 is 10.2 Å². The van der Waals surface area contributed by atoms with Gasteiger partial charge in [-0.05, 0) is 18.7 Å². The van der Waals surface area contributed by atoms with Gasteiger partial charge in [0.2, 0.25) is 0 Å². The fourth-order valence-electron chi connectivity index (χ4n) is 1.94. The van der Waals surface area contributed by atoms with Crippen LogP contribution in [-0.4, -0.2) is 28.4 Å². The van der Waals surface area contributed by atoms with E-state index in [0.717, 1.165) is 31.1 Å². The number of nitrogens with one attached hydrogen (secondary N) is 1. The average molecular weight is 259 g/mol. The topological polar surface area (TPSA) is 46.0 Å². The van der Waals surface area contributed by atoms with Crippen molar-refractivity contribution in [3.63, 3.8) is 0 Å². The highest BCUT2D eigenvalue weighted by molar-refractivity contribution is 5.39. The van der Waals surface area contributed by atoms with Crippen LogP contribution in [0.4, 0.5) is 5.82 Å². The molecule has 0 aromatic carbocycles. The monoisotopic (exact) mass is 259 g/mol. The molecule has 0 atom stereocenters. The Bertz CT molecular complexity index is 520. The van der Waals surface area contributed by atoms with E-state index in [-0.39, 0.29) is 0 Å². The second-order valence-electron chi connectivity index (χ2n) is 4.65. The van der Waals surface area contributed by atoms with Crippen molar-refractivity contribution < 1.29 is 0 Å². The highest BCUT2D eigenvalue weighted by Gasteiger charge is 2.05. The summed E-state index contributed by atoms with van der Waals surface area (Å²) in [5, 5.41) is 7.47. The lowest BCUT2D eigenvalue weighted by Gasteiger charge is -2.18. The summed E-state index contributed by atoms with van der Waals surface area (Å²) in [6.45, 7) is 4.67. The van der Waals surface area contributed by atoms with Crippen molar-refractivity contribution in [3.8, 4) is 0 Å². The SMILES string of the molecule is CCNCc1cccc(N(C)Cc2cnn(C)c2)n1. The summed E-state index contributed by atoms with van der Waals surface area (Å²) in [6.07, 6.45) is 3.91. The van der Waals surface area contributed by atoms with Gasteiger partial charge in [0.15, 0.2) is 0 Å². The van der Waals surface area contributed by atoms with Crippen LogP contribution in [0, 0.1) is 0 Å². The van der Waals surface area contributed by atoms with E-state index in [0.29, 0.717) is 0 Å². The Morgan fingerprint density at radius 2 is 2.21 bits per heavy atom. The Morgan fingerprint density at radius 3 is 2.89 bits per heavy atom. The molecule has 0 amide bonds. The fourth-order valence-corrected chi connectivity index (χ4v) is 1.94. The molecule has 0 radical (unpaired) electrons. The van der Waals surface area contributed by atoms with E-state index in [2.05, 4.69) is 33.3 Å². The highest BCUT2D eigenvalue weighted by atomic mass is 15.2. The van der Waals surface area contributed by atoms with Crippen LogP contribution in [-0.2, 0) is 20.1 Å². The van der Waals surface area contributed by atoms with Gasteiger partial charge in [-0.2, -0.15) is 5.10 Å². The first-order chi connectivity index (χ1) is 9.19. The van der Waals surface area contributed by atoms with Gasteiger partial charge in [0.1, 0.15) is 5.82 Å². The van der Waals surface area contributed by atoms with E-state index in [1.807, 2.05) is 43.3 Å². The molecule has 5 heteroatoms. The molecule has 0 spiro atoms. The molecule has 1 N–H and O–H groups in total. The zero-order chi connectivity index (χ0) is 13.7. The van der Waals surface area contributed by atoms with Gasteiger partial charge in [-0.1, -0.05) is 13.0 Å². The minimum atomic E-state index is 0.811. The molecule has 0 unspecified atom stereocenters. The van der Waals surface area contributed by atoms with E-state index in [1.165, 1.54) is 5.56 Å². The average Bonchev–Trinajstić information content (AvgIpc) is 2.82. The van der Waals surface area contributed by atoms with Crippen molar-refractivity contribution in [2.24, 2.45) is 7.05 Å². The number of anilines is 1. The Labute approximate surface area is 114 Å². The van der Waals surface area contributed by atoms with Gasteiger partial charge in [-0.3, -0.25) is 4.68 Å². The number of hydrogen-bond acceptors (Lipinski definition) is 4. The van der Waals surface area contributed by atoms with Crippen molar-refractivity contribution in [2.45, 2.75) is 20.0 Å². The summed E-state index contributed by atoms with van der Waals surface area (Å²) in [4.78, 5) is 6.78. The Morgan fingerprint density at radius 1 is 1.37 bits per heavy atom. The number of nitrogens with zero attached hydrogens (tertiary/aromatic N) is 4. The maximum absolute atomic E-state index is 4.65. The van der Waals surface area contributed by atoms with Gasteiger partial charge in [-0.25, -0.2) is 4.98 Å². The Hall–Kier alpha value is -1.88. The summed E-state index contributed by atoms with van der Waals surface area (Å²) in [6, 6.07) is 6.13. The number of aryl methyl sites for hydroxylation is 1. The van der Waals surface area contributed by atoms with Crippen LogP contribution in [0.25, 0.3) is 0 Å². The molecular weight excluding hydrogens is 238 g/mol. The number of aromatic nitrogens is 3. The lowest BCUT2D eigenvalue weighted by molar-refractivity contribution is 0.708. The number of pyridine rings is 1. The highest BCUT2D eigenvalue weighted by Crippen LogP contribution is 2.13. The molecular formula is C14H21N5. The molecule has 0 saturated heterocycles. The van der Waals surface area contributed by atoms with Gasteiger partial charge < -0.3 is 10.2 Å². The van der Waals surface area contributed by atoms with Crippen LogP contribution >= 0.6 is 0 Å². The van der Waals surface area contributed by atoms with Crippen molar-refractivity contribution in [3.05, 3.63) is 41.9 Å². The third-order valence-electron chi connectivity index (χ3n) is 2.92. The molecule has 2 aromatic heterocycles. The zero-order valence-electron chi connectivity index (χ0n) is 11.8. The summed E-state index contributed by atoms with van der Waals surface area (Å²) in [5.41, 5.74) is 2.25. The minimum Gasteiger partial charge on any atom is -0.355 e. The third kappa shape index (κ3) is 3.79. The van der Waals surface area contributed by atoms with Crippen molar-refractivity contribution >= 4 is 5.82 Å². The Kier molecular flexibility index (Phi) is 4.52. The minimum absolute atomic E-state index is 0.811. The van der Waals surface area contributed by atoms with Crippen LogP contribution in [0.5, 0.6) is 0 Å². The van der Waals surface area contributed by atoms with Crippen LogP contribution in [0.2, 0.25) is 0 Å². The maximum Gasteiger partial charge on any atom is 0.128 e. The van der Waals surface area contributed by atoms with E-state index in [9.17, 15) is 0 Å². The first kappa shape index (κ1) is 13.5. The maximum atomic E-state index is 4.65. The first-order valence-corrected chi connectivity index (χ1v) is 6.54. The van der Waals surface area contributed by atoms with Crippen molar-refractivity contribution in [1.29, 1.82) is 0 Å². The predicted molar refractivity (Wildman–Crippen MR) is 76.9 cm³/mol. The molecule has 19 heavy (non-hydrogen) atoms. The van der Waals surface area contributed by atoms with Crippen molar-refractivity contribution in [1.82, 2.24) is 20.1 Å². The summed E-state index contributed by atoms with van der Waals surface area (Å²) in [5.74, 6) is 0.985. The fraction of sp³-hybridized carbons (Fsp3) is 0.429. The first-order valence-electron chi connectivity index (χ1n) is 6.54. The van der Waals surface area contributed by atoms with Gasteiger partial charge in [0, 0.05) is 38.9 Å². The lowest BCUT2D eigenvalue weighted by atomic mass is 10.3. The van der Waals surface area contributed by atoms with Gasteiger partial charge in [0.05, 0.1) is 11.9 Å². The van der Waals surface area contributed by atoms with E-state index >= 15 is 0 Å². The Balaban J connectivity index is 2.03. The van der Waals surface area contributed by atoms with Crippen LogP contribution in [0.1, 0.15) is 18.2 Å². The van der Waals surface area contributed by atoms with Crippen LogP contribution in [0.15, 0.2) is 30.6 Å². The predicted octanol–water partition coefficient (Wildman–Crippen LogP) is 1.56. The standard InChI is InChI=1S/C14H21N5/c1-4-15-9-13-6-5-7-14(17-13)18(2)10-12-8-16-19(3)11-12/h5-8,11,15H,4,9-10H2,1-3H3. The number of rotatable bonds is 6. The van der Waals surface area contributed by atoms with Crippen molar-refractivity contribution in [2.75, 3.05) is 18.5 Å². The second-order valence-corrected chi connectivity index (χ2v) is 4.65. The van der Waals surface area contributed by atoms with Gasteiger partial charge in [-0.15, -0.1) is 0 Å². The molecule has 0 bridgehead atoms. The molecule has 5 nitrogen and oxygen atoms in total. The van der Waals surface area contributed by atoms with E-state index in [1.54, 1.807) is 0 Å². The third-order valence-corrected chi connectivity index (χ3v) is 2.92. The molecule has 0 aliphatic rings. The van der Waals surface area contributed by atoms with E-state index in [4.69, 9.17) is 0 Å². The normalized spacial score (nSPS) is 10.7. The molecule has 102 valence electrons. The largest absolute Gasteiger partial charge is 0.355 e. The smallest absolute Gasteiger partial charge is 0.128 e.